The SMILES string of the molecule is N#Cc1cc2c(nc1SCCC(=O)Nc1cccc3ccccc13)CCCCCC2. The molecule has 1 N–H and O–H groups in total. The molecule has 1 aliphatic carbocycles. The van der Waals surface area contributed by atoms with Gasteiger partial charge in [0.15, 0.2) is 0 Å². The molecule has 0 atom stereocenters. The highest BCUT2D eigenvalue weighted by molar-refractivity contribution is 7.99. The molecule has 4 nitrogen and oxygen atoms in total. The molecule has 0 saturated heterocycles. The maximum atomic E-state index is 12.5. The molecular weight excluding hydrogens is 390 g/mol. The lowest BCUT2D eigenvalue weighted by Crippen LogP contribution is -2.12. The molecule has 3 aromatic rings. The van der Waals surface area contributed by atoms with Crippen LogP contribution in [0.5, 0.6) is 0 Å². The van der Waals surface area contributed by atoms with Crippen LogP contribution in [-0.4, -0.2) is 16.6 Å². The van der Waals surface area contributed by atoms with E-state index in [0.29, 0.717) is 17.7 Å². The lowest BCUT2D eigenvalue weighted by atomic mass is 9.96. The number of carbonyl (C=O) groups is 1. The number of hydrogen-bond donors (Lipinski definition) is 1. The van der Waals surface area contributed by atoms with Gasteiger partial charge >= 0.3 is 0 Å². The lowest BCUT2D eigenvalue weighted by molar-refractivity contribution is -0.115. The van der Waals surface area contributed by atoms with Crippen LogP contribution in [-0.2, 0) is 17.6 Å². The van der Waals surface area contributed by atoms with Crippen molar-refractivity contribution in [3.63, 3.8) is 0 Å². The van der Waals surface area contributed by atoms with Crippen molar-refractivity contribution in [3.05, 3.63) is 65.4 Å². The molecule has 152 valence electrons. The predicted octanol–water partition coefficient (Wildman–Crippen LogP) is 5.89. The number of aromatic nitrogens is 1. The molecule has 0 bridgehead atoms. The Morgan fingerprint density at radius 1 is 1.07 bits per heavy atom. The molecule has 30 heavy (non-hydrogen) atoms. The number of anilines is 1. The largest absolute Gasteiger partial charge is 0.325 e. The molecule has 5 heteroatoms. The summed E-state index contributed by atoms with van der Waals surface area (Å²) >= 11 is 1.50. The summed E-state index contributed by atoms with van der Waals surface area (Å²) in [6, 6.07) is 18.3. The molecule has 0 aliphatic heterocycles. The first-order valence-corrected chi connectivity index (χ1v) is 11.6. The smallest absolute Gasteiger partial charge is 0.225 e. The van der Waals surface area contributed by atoms with Crippen molar-refractivity contribution in [1.82, 2.24) is 4.98 Å². The first-order chi connectivity index (χ1) is 14.7. The summed E-state index contributed by atoms with van der Waals surface area (Å²) in [5.74, 6) is 0.570. The number of nitrogens with zero attached hydrogens (tertiary/aromatic N) is 2. The van der Waals surface area contributed by atoms with E-state index in [-0.39, 0.29) is 5.91 Å². The molecule has 4 rings (SSSR count). The highest BCUT2D eigenvalue weighted by atomic mass is 32.2. The van der Waals surface area contributed by atoms with Crippen LogP contribution < -0.4 is 5.32 Å². The number of carbonyl (C=O) groups excluding carboxylic acids is 1. The van der Waals surface area contributed by atoms with E-state index < -0.39 is 0 Å². The fraction of sp³-hybridized carbons (Fsp3) is 0.320. The number of nitriles is 1. The molecule has 1 aromatic heterocycles. The van der Waals surface area contributed by atoms with Crippen molar-refractivity contribution in [1.29, 1.82) is 5.26 Å². The second-order valence-electron chi connectivity index (χ2n) is 7.65. The van der Waals surface area contributed by atoms with E-state index in [2.05, 4.69) is 11.4 Å². The molecule has 1 aliphatic rings. The predicted molar refractivity (Wildman–Crippen MR) is 123 cm³/mol. The zero-order chi connectivity index (χ0) is 20.8. The molecule has 2 aromatic carbocycles. The number of rotatable bonds is 5. The Morgan fingerprint density at radius 2 is 1.87 bits per heavy atom. The topological polar surface area (TPSA) is 65.8 Å². The second kappa shape index (κ2) is 9.77. The molecule has 0 saturated carbocycles. The summed E-state index contributed by atoms with van der Waals surface area (Å²) in [4.78, 5) is 17.3. The van der Waals surface area contributed by atoms with Gasteiger partial charge in [0, 0.05) is 28.9 Å². The first-order valence-electron chi connectivity index (χ1n) is 10.6. The van der Waals surface area contributed by atoms with Crippen LogP contribution >= 0.6 is 11.8 Å². The monoisotopic (exact) mass is 415 g/mol. The summed E-state index contributed by atoms with van der Waals surface area (Å²) in [6.45, 7) is 0. The Kier molecular flexibility index (Phi) is 6.66. The van der Waals surface area contributed by atoms with Gasteiger partial charge in [-0.05, 0) is 48.8 Å². The van der Waals surface area contributed by atoms with Crippen molar-refractivity contribution < 1.29 is 4.79 Å². The van der Waals surface area contributed by atoms with Crippen LogP contribution in [0.4, 0.5) is 5.69 Å². The summed E-state index contributed by atoms with van der Waals surface area (Å²) in [7, 11) is 0. The van der Waals surface area contributed by atoms with E-state index in [0.717, 1.165) is 46.4 Å². The van der Waals surface area contributed by atoms with E-state index in [9.17, 15) is 10.1 Å². The van der Waals surface area contributed by atoms with Crippen LogP contribution in [0.25, 0.3) is 10.8 Å². The van der Waals surface area contributed by atoms with Gasteiger partial charge in [0.25, 0.3) is 0 Å². The summed E-state index contributed by atoms with van der Waals surface area (Å²) in [5, 5.41) is 15.5. The summed E-state index contributed by atoms with van der Waals surface area (Å²) in [6.07, 6.45) is 7.19. The molecular formula is C25H25N3OS. The Hall–Kier alpha value is -2.84. The molecule has 0 spiro atoms. The Balaban J connectivity index is 1.40. The van der Waals surface area contributed by atoms with Crippen LogP contribution in [0.15, 0.2) is 53.6 Å². The third-order valence-corrected chi connectivity index (χ3v) is 6.51. The van der Waals surface area contributed by atoms with Crippen molar-refractivity contribution in [2.75, 3.05) is 11.1 Å². The maximum Gasteiger partial charge on any atom is 0.225 e. The number of thioether (sulfide) groups is 1. The van der Waals surface area contributed by atoms with E-state index in [4.69, 9.17) is 4.98 Å². The van der Waals surface area contributed by atoms with Gasteiger partial charge in [0.1, 0.15) is 11.1 Å². The van der Waals surface area contributed by atoms with Crippen LogP contribution in [0.3, 0.4) is 0 Å². The molecule has 1 amide bonds. The summed E-state index contributed by atoms with van der Waals surface area (Å²) < 4.78 is 0. The maximum absolute atomic E-state index is 12.5. The molecule has 0 unspecified atom stereocenters. The fourth-order valence-electron chi connectivity index (χ4n) is 3.95. The number of benzene rings is 2. The number of aryl methyl sites for hydroxylation is 2. The van der Waals surface area contributed by atoms with Gasteiger partial charge in [-0.2, -0.15) is 5.26 Å². The van der Waals surface area contributed by atoms with Crippen molar-refractivity contribution >= 4 is 34.1 Å². The second-order valence-corrected chi connectivity index (χ2v) is 8.73. The van der Waals surface area contributed by atoms with Gasteiger partial charge in [0.2, 0.25) is 5.91 Å². The van der Waals surface area contributed by atoms with Gasteiger partial charge in [-0.3, -0.25) is 4.79 Å². The third-order valence-electron chi connectivity index (χ3n) is 5.52. The number of pyridine rings is 1. The van der Waals surface area contributed by atoms with E-state index in [1.54, 1.807) is 0 Å². The molecule has 0 fully saturated rings. The van der Waals surface area contributed by atoms with Gasteiger partial charge in [-0.25, -0.2) is 4.98 Å². The van der Waals surface area contributed by atoms with Crippen LogP contribution in [0.2, 0.25) is 0 Å². The van der Waals surface area contributed by atoms with Gasteiger partial charge < -0.3 is 5.32 Å². The van der Waals surface area contributed by atoms with Gasteiger partial charge in [-0.1, -0.05) is 49.2 Å². The number of amides is 1. The van der Waals surface area contributed by atoms with Crippen LogP contribution in [0, 0.1) is 11.3 Å². The Bertz CT molecular complexity index is 1100. The van der Waals surface area contributed by atoms with E-state index in [1.807, 2.05) is 48.5 Å². The molecule has 1 heterocycles. The standard InChI is InChI=1S/C25H25N3OS/c26-17-20-16-19-9-3-1-2-4-12-22(19)28-25(20)30-15-14-24(29)27-23-13-7-10-18-8-5-6-11-21(18)23/h5-8,10-11,13,16H,1-4,9,12,14-15H2,(H,27,29). The van der Waals surface area contributed by atoms with Gasteiger partial charge in [0.05, 0.1) is 5.56 Å². The lowest BCUT2D eigenvalue weighted by Gasteiger charge is -2.15. The van der Waals surface area contributed by atoms with Gasteiger partial charge in [-0.15, -0.1) is 11.8 Å². The normalized spacial score (nSPS) is 13.7. The van der Waals surface area contributed by atoms with Crippen molar-refractivity contribution in [2.45, 2.75) is 50.0 Å². The molecule has 0 radical (unpaired) electrons. The average Bonchev–Trinajstić information content (AvgIpc) is 2.75. The van der Waals surface area contributed by atoms with Crippen LogP contribution in [0.1, 0.15) is 48.9 Å². The fourth-order valence-corrected chi connectivity index (χ4v) is 4.86. The Labute approximate surface area is 181 Å². The zero-order valence-electron chi connectivity index (χ0n) is 17.0. The minimum atomic E-state index is -0.0244. The first kappa shape index (κ1) is 20.4. The number of nitrogens with one attached hydrogen (secondary N) is 1. The Morgan fingerprint density at radius 3 is 2.73 bits per heavy atom. The van der Waals surface area contributed by atoms with E-state index >= 15 is 0 Å². The third kappa shape index (κ3) is 4.83. The zero-order valence-corrected chi connectivity index (χ0v) is 17.8. The highest BCUT2D eigenvalue weighted by Gasteiger charge is 2.15. The summed E-state index contributed by atoms with van der Waals surface area (Å²) in [5.41, 5.74) is 3.83. The van der Waals surface area contributed by atoms with Crippen molar-refractivity contribution in [2.24, 2.45) is 0 Å². The average molecular weight is 416 g/mol. The van der Waals surface area contributed by atoms with Crippen molar-refractivity contribution in [3.8, 4) is 6.07 Å². The minimum absolute atomic E-state index is 0.0244. The highest BCUT2D eigenvalue weighted by Crippen LogP contribution is 2.27. The quantitative estimate of drug-likeness (QED) is 0.528. The van der Waals surface area contributed by atoms with E-state index in [1.165, 1.54) is 36.6 Å². The minimum Gasteiger partial charge on any atom is -0.325 e. The number of hydrogen-bond acceptors (Lipinski definition) is 4. The number of fused-ring (bicyclic) bond motifs is 2.